The molecule has 0 radical (unpaired) electrons. The van der Waals surface area contributed by atoms with Crippen LogP contribution in [-0.2, 0) is 4.79 Å². The summed E-state index contributed by atoms with van der Waals surface area (Å²) in [4.78, 5) is 14.3. The molecule has 0 unspecified atom stereocenters. The Balaban J connectivity index is 1.66. The highest BCUT2D eigenvalue weighted by Gasteiger charge is 2.40. The van der Waals surface area contributed by atoms with Gasteiger partial charge >= 0.3 is 0 Å². The van der Waals surface area contributed by atoms with Gasteiger partial charge in [-0.25, -0.2) is 4.39 Å². The Morgan fingerprint density at radius 2 is 2.35 bits per heavy atom. The first kappa shape index (κ1) is 16.6. The molecule has 0 aromatic heterocycles. The third kappa shape index (κ3) is 3.63. The van der Waals surface area contributed by atoms with E-state index in [2.05, 4.69) is 5.32 Å². The van der Waals surface area contributed by atoms with Gasteiger partial charge in [-0.1, -0.05) is 6.07 Å². The van der Waals surface area contributed by atoms with E-state index in [1.807, 2.05) is 17.9 Å². The number of nitrogens with one attached hydrogen (secondary N) is 1. The summed E-state index contributed by atoms with van der Waals surface area (Å²) in [6, 6.07) is 5.05. The van der Waals surface area contributed by atoms with Crippen LogP contribution in [0.5, 0.6) is 0 Å². The van der Waals surface area contributed by atoms with Gasteiger partial charge in [-0.15, -0.1) is 0 Å². The molecule has 0 spiro atoms. The summed E-state index contributed by atoms with van der Waals surface area (Å²) in [5.74, 6) is 0.768. The molecule has 0 bridgehead atoms. The molecule has 2 saturated heterocycles. The number of amides is 1. The second-order valence-electron chi connectivity index (χ2n) is 6.55. The van der Waals surface area contributed by atoms with E-state index in [9.17, 15) is 14.3 Å². The van der Waals surface area contributed by atoms with Crippen molar-refractivity contribution in [2.75, 3.05) is 29.5 Å². The maximum atomic E-state index is 14.1. The zero-order valence-corrected chi connectivity index (χ0v) is 14.2. The number of carbonyl (C=O) groups excluding carboxylic acids is 1. The van der Waals surface area contributed by atoms with Gasteiger partial charge < -0.3 is 15.3 Å². The van der Waals surface area contributed by atoms with E-state index in [1.54, 1.807) is 17.8 Å². The van der Waals surface area contributed by atoms with Crippen LogP contribution >= 0.6 is 11.8 Å². The van der Waals surface area contributed by atoms with Gasteiger partial charge in [0, 0.05) is 24.9 Å². The molecule has 6 heteroatoms. The molecule has 0 aliphatic carbocycles. The van der Waals surface area contributed by atoms with E-state index in [0.29, 0.717) is 24.4 Å². The fraction of sp³-hybridized carbons (Fsp3) is 0.588. The van der Waals surface area contributed by atoms with Crippen molar-refractivity contribution >= 4 is 23.4 Å². The highest BCUT2D eigenvalue weighted by atomic mass is 32.2. The number of halogens is 1. The Hall–Kier alpha value is -1.27. The SMILES string of the molecule is Cc1ccc(F)c(N2CCC[C@@H](NC(=O)[C@]3(O)CCSC3)C2)c1. The number of hydrogen-bond acceptors (Lipinski definition) is 4. The van der Waals surface area contributed by atoms with Crippen LogP contribution in [0.1, 0.15) is 24.8 Å². The minimum Gasteiger partial charge on any atom is -0.379 e. The van der Waals surface area contributed by atoms with E-state index in [4.69, 9.17) is 0 Å². The van der Waals surface area contributed by atoms with Crippen LogP contribution in [0.15, 0.2) is 18.2 Å². The van der Waals surface area contributed by atoms with Gasteiger partial charge in [0.25, 0.3) is 5.91 Å². The van der Waals surface area contributed by atoms with Crippen molar-refractivity contribution in [2.45, 2.75) is 37.8 Å². The van der Waals surface area contributed by atoms with Crippen LogP contribution in [0, 0.1) is 12.7 Å². The Labute approximate surface area is 140 Å². The van der Waals surface area contributed by atoms with Crippen molar-refractivity contribution in [3.63, 3.8) is 0 Å². The average Bonchev–Trinajstić information content (AvgIpc) is 2.98. The van der Waals surface area contributed by atoms with Gasteiger partial charge in [0.1, 0.15) is 5.82 Å². The summed E-state index contributed by atoms with van der Waals surface area (Å²) in [6.45, 7) is 3.31. The second kappa shape index (κ2) is 6.69. The number of rotatable bonds is 3. The predicted octanol–water partition coefficient (Wildman–Crippen LogP) is 2.09. The fourth-order valence-electron chi connectivity index (χ4n) is 3.23. The van der Waals surface area contributed by atoms with Gasteiger partial charge in [0.2, 0.25) is 0 Å². The van der Waals surface area contributed by atoms with E-state index in [1.165, 1.54) is 6.07 Å². The van der Waals surface area contributed by atoms with E-state index in [0.717, 1.165) is 30.7 Å². The molecule has 2 N–H and O–H groups in total. The molecule has 1 amide bonds. The Kier molecular flexibility index (Phi) is 4.82. The molecule has 1 aromatic rings. The zero-order chi connectivity index (χ0) is 16.4. The predicted molar refractivity (Wildman–Crippen MR) is 91.4 cm³/mol. The summed E-state index contributed by atoms with van der Waals surface area (Å²) < 4.78 is 14.1. The fourth-order valence-corrected chi connectivity index (χ4v) is 4.47. The largest absolute Gasteiger partial charge is 0.379 e. The van der Waals surface area contributed by atoms with Crippen LogP contribution < -0.4 is 10.2 Å². The number of aliphatic hydroxyl groups is 1. The summed E-state index contributed by atoms with van der Waals surface area (Å²) >= 11 is 1.60. The number of hydrogen-bond donors (Lipinski definition) is 2. The summed E-state index contributed by atoms with van der Waals surface area (Å²) in [7, 11) is 0. The molecule has 0 saturated carbocycles. The van der Waals surface area contributed by atoms with Crippen LogP contribution in [0.25, 0.3) is 0 Å². The third-order valence-electron chi connectivity index (χ3n) is 4.62. The minimum absolute atomic E-state index is 0.0502. The lowest BCUT2D eigenvalue weighted by Crippen LogP contribution is -2.55. The molecule has 2 fully saturated rings. The number of nitrogens with zero attached hydrogens (tertiary/aromatic N) is 1. The first-order valence-corrected chi connectivity index (χ1v) is 9.26. The first-order valence-electron chi connectivity index (χ1n) is 8.10. The zero-order valence-electron chi connectivity index (χ0n) is 13.3. The van der Waals surface area contributed by atoms with Gasteiger partial charge in [-0.05, 0) is 49.6 Å². The minimum atomic E-state index is -1.23. The van der Waals surface area contributed by atoms with E-state index in [-0.39, 0.29) is 17.8 Å². The first-order chi connectivity index (χ1) is 11.0. The number of benzene rings is 1. The monoisotopic (exact) mass is 338 g/mol. The molecule has 3 rings (SSSR count). The Bertz CT molecular complexity index is 590. The van der Waals surface area contributed by atoms with Crippen LogP contribution in [0.2, 0.25) is 0 Å². The van der Waals surface area contributed by atoms with Crippen molar-refractivity contribution in [3.05, 3.63) is 29.6 Å². The molecule has 23 heavy (non-hydrogen) atoms. The standard InChI is InChI=1S/C17H23FN2O2S/c1-12-4-5-14(18)15(9-12)20-7-2-3-13(10-20)19-16(21)17(22)6-8-23-11-17/h4-5,9,13,22H,2-3,6-8,10-11H2,1H3,(H,19,21)/t13-,17+/m1/s1. The molecule has 1 aromatic carbocycles. The molecule has 2 atom stereocenters. The second-order valence-corrected chi connectivity index (χ2v) is 7.65. The maximum absolute atomic E-state index is 14.1. The lowest BCUT2D eigenvalue weighted by Gasteiger charge is -2.36. The normalized spacial score (nSPS) is 28.0. The van der Waals surface area contributed by atoms with Crippen molar-refractivity contribution in [1.29, 1.82) is 0 Å². The Morgan fingerprint density at radius 3 is 3.09 bits per heavy atom. The van der Waals surface area contributed by atoms with Crippen molar-refractivity contribution in [1.82, 2.24) is 5.32 Å². The highest BCUT2D eigenvalue weighted by molar-refractivity contribution is 7.99. The molecule has 2 heterocycles. The van der Waals surface area contributed by atoms with Gasteiger partial charge in [-0.3, -0.25) is 4.79 Å². The van der Waals surface area contributed by atoms with Crippen LogP contribution in [0.3, 0.4) is 0 Å². The molecule has 2 aliphatic heterocycles. The number of thioether (sulfide) groups is 1. The summed E-state index contributed by atoms with van der Waals surface area (Å²) in [5.41, 5.74) is 0.380. The third-order valence-corrected chi connectivity index (χ3v) is 5.80. The van der Waals surface area contributed by atoms with E-state index < -0.39 is 5.60 Å². The van der Waals surface area contributed by atoms with Crippen LogP contribution in [-0.4, -0.2) is 47.3 Å². The number of aryl methyl sites for hydroxylation is 1. The van der Waals surface area contributed by atoms with E-state index >= 15 is 0 Å². The average molecular weight is 338 g/mol. The number of piperidine rings is 1. The van der Waals surface area contributed by atoms with Gasteiger partial charge in [-0.2, -0.15) is 11.8 Å². The molecular weight excluding hydrogens is 315 g/mol. The molecule has 2 aliphatic rings. The topological polar surface area (TPSA) is 52.6 Å². The lowest BCUT2D eigenvalue weighted by atomic mass is 9.99. The number of carbonyl (C=O) groups is 1. The van der Waals surface area contributed by atoms with Crippen molar-refractivity contribution < 1.29 is 14.3 Å². The summed E-state index contributed by atoms with van der Waals surface area (Å²) in [5, 5.41) is 13.3. The maximum Gasteiger partial charge on any atom is 0.253 e. The van der Waals surface area contributed by atoms with Crippen LogP contribution in [0.4, 0.5) is 10.1 Å². The quantitative estimate of drug-likeness (QED) is 0.886. The Morgan fingerprint density at radius 1 is 1.52 bits per heavy atom. The van der Waals surface area contributed by atoms with Crippen molar-refractivity contribution in [3.8, 4) is 0 Å². The smallest absolute Gasteiger partial charge is 0.253 e. The molecule has 4 nitrogen and oxygen atoms in total. The number of anilines is 1. The lowest BCUT2D eigenvalue weighted by molar-refractivity contribution is -0.138. The summed E-state index contributed by atoms with van der Waals surface area (Å²) in [6.07, 6.45) is 2.26. The molecule has 126 valence electrons. The highest BCUT2D eigenvalue weighted by Crippen LogP contribution is 2.29. The van der Waals surface area contributed by atoms with Gasteiger partial charge in [0.15, 0.2) is 5.60 Å². The van der Waals surface area contributed by atoms with Crippen molar-refractivity contribution in [2.24, 2.45) is 0 Å². The van der Waals surface area contributed by atoms with Gasteiger partial charge in [0.05, 0.1) is 5.69 Å². The molecular formula is C17H23FN2O2S.